The molecule has 0 spiro atoms. The molecule has 118 valence electrons. The number of ether oxygens (including phenoxy) is 3. The van der Waals surface area contributed by atoms with Crippen LogP contribution in [0.5, 0.6) is 11.5 Å². The Morgan fingerprint density at radius 1 is 1.09 bits per heavy atom. The van der Waals surface area contributed by atoms with Crippen molar-refractivity contribution < 1.29 is 23.4 Å². The van der Waals surface area contributed by atoms with Crippen LogP contribution in [0.3, 0.4) is 0 Å². The van der Waals surface area contributed by atoms with E-state index in [0.717, 1.165) is 5.76 Å². The molecule has 2 heterocycles. The lowest BCUT2D eigenvalue weighted by atomic mass is 10.1. The maximum Gasteiger partial charge on any atom is 0.343 e. The van der Waals surface area contributed by atoms with E-state index >= 15 is 0 Å². The maximum atomic E-state index is 12.0. The molecule has 0 saturated heterocycles. The lowest BCUT2D eigenvalue weighted by Crippen LogP contribution is -1.98. The third-order valence-corrected chi connectivity index (χ3v) is 3.46. The largest absolute Gasteiger partial charge is 0.497 e. The fraction of sp³-hybridized carbons (Fsp3) is 0.167. The van der Waals surface area contributed by atoms with E-state index in [-0.39, 0.29) is 0 Å². The summed E-state index contributed by atoms with van der Waals surface area (Å²) in [6.45, 7) is 1.85. The molecule has 0 N–H and O–H groups in total. The molecular weight excluding hydrogens is 296 g/mol. The first kappa shape index (κ1) is 15.0. The summed E-state index contributed by atoms with van der Waals surface area (Å²) in [6.07, 6.45) is 3.32. The first-order valence-corrected chi connectivity index (χ1v) is 7.05. The standard InChI is InChI=1S/C18H16O5/c1-11-4-5-14(22-11)8-12-9-17(23-18(12)19)15-7-6-13(20-2)10-16(15)21-3/h4-10H,1-3H3/b12-8+. The number of esters is 1. The van der Waals surface area contributed by atoms with Crippen LogP contribution < -0.4 is 9.47 Å². The molecule has 1 aliphatic rings. The van der Waals surface area contributed by atoms with Crippen LogP contribution in [-0.2, 0) is 9.53 Å². The number of rotatable bonds is 4. The monoisotopic (exact) mass is 312 g/mol. The zero-order valence-corrected chi connectivity index (χ0v) is 13.1. The van der Waals surface area contributed by atoms with Crippen molar-refractivity contribution >= 4 is 17.8 Å². The van der Waals surface area contributed by atoms with Crippen LogP contribution in [0.15, 0.2) is 46.4 Å². The summed E-state index contributed by atoms with van der Waals surface area (Å²) in [5.41, 5.74) is 1.10. The number of carbonyl (C=O) groups is 1. The Labute approximate surface area is 133 Å². The second kappa shape index (κ2) is 6.04. The van der Waals surface area contributed by atoms with Crippen molar-refractivity contribution in [2.75, 3.05) is 14.2 Å². The van der Waals surface area contributed by atoms with Crippen molar-refractivity contribution in [3.63, 3.8) is 0 Å². The summed E-state index contributed by atoms with van der Waals surface area (Å²) >= 11 is 0. The quantitative estimate of drug-likeness (QED) is 0.638. The minimum Gasteiger partial charge on any atom is -0.497 e. The number of hydrogen-bond donors (Lipinski definition) is 0. The van der Waals surface area contributed by atoms with Gasteiger partial charge in [-0.25, -0.2) is 4.79 Å². The van der Waals surface area contributed by atoms with Crippen molar-refractivity contribution in [1.29, 1.82) is 0 Å². The number of furan rings is 1. The zero-order chi connectivity index (χ0) is 16.4. The first-order chi connectivity index (χ1) is 11.1. The molecule has 0 fully saturated rings. The van der Waals surface area contributed by atoms with E-state index in [1.165, 1.54) is 0 Å². The molecule has 0 amide bonds. The molecule has 23 heavy (non-hydrogen) atoms. The number of hydrogen-bond acceptors (Lipinski definition) is 5. The summed E-state index contributed by atoms with van der Waals surface area (Å²) in [6, 6.07) is 8.95. The fourth-order valence-corrected chi connectivity index (χ4v) is 2.31. The Hall–Kier alpha value is -2.95. The van der Waals surface area contributed by atoms with E-state index in [0.29, 0.717) is 34.2 Å². The Morgan fingerprint density at radius 3 is 2.57 bits per heavy atom. The molecule has 1 aliphatic heterocycles. The lowest BCUT2D eigenvalue weighted by Gasteiger charge is -2.10. The van der Waals surface area contributed by atoms with E-state index in [4.69, 9.17) is 18.6 Å². The van der Waals surface area contributed by atoms with Crippen LogP contribution in [0, 0.1) is 6.92 Å². The molecule has 0 aliphatic carbocycles. The summed E-state index contributed by atoms with van der Waals surface area (Å²) in [4.78, 5) is 12.0. The van der Waals surface area contributed by atoms with E-state index in [2.05, 4.69) is 0 Å². The molecule has 0 bridgehead atoms. The van der Waals surface area contributed by atoms with Gasteiger partial charge in [-0.2, -0.15) is 0 Å². The van der Waals surface area contributed by atoms with Gasteiger partial charge >= 0.3 is 5.97 Å². The van der Waals surface area contributed by atoms with Gasteiger partial charge in [0.15, 0.2) is 0 Å². The van der Waals surface area contributed by atoms with Crippen molar-refractivity contribution in [1.82, 2.24) is 0 Å². The minimum absolute atomic E-state index is 0.423. The average molecular weight is 312 g/mol. The Bertz CT molecular complexity index is 811. The summed E-state index contributed by atoms with van der Waals surface area (Å²) in [5, 5.41) is 0. The number of methoxy groups -OCH3 is 2. The number of aryl methyl sites for hydroxylation is 1. The highest BCUT2D eigenvalue weighted by Crippen LogP contribution is 2.35. The predicted octanol–water partition coefficient (Wildman–Crippen LogP) is 3.59. The molecular formula is C18H16O5. The van der Waals surface area contributed by atoms with Crippen LogP contribution in [-0.4, -0.2) is 20.2 Å². The molecule has 0 saturated carbocycles. The van der Waals surface area contributed by atoms with Gasteiger partial charge in [0.25, 0.3) is 0 Å². The van der Waals surface area contributed by atoms with Crippen LogP contribution in [0.1, 0.15) is 17.1 Å². The molecule has 2 aromatic rings. The van der Waals surface area contributed by atoms with E-state index in [9.17, 15) is 4.79 Å². The van der Waals surface area contributed by atoms with Crippen LogP contribution in [0.25, 0.3) is 11.8 Å². The van der Waals surface area contributed by atoms with Crippen molar-refractivity contribution in [3.05, 3.63) is 59.1 Å². The fourth-order valence-electron chi connectivity index (χ4n) is 2.31. The van der Waals surface area contributed by atoms with Crippen molar-refractivity contribution in [2.24, 2.45) is 0 Å². The normalized spacial score (nSPS) is 15.5. The van der Waals surface area contributed by atoms with E-state index < -0.39 is 5.97 Å². The first-order valence-electron chi connectivity index (χ1n) is 7.05. The number of carbonyl (C=O) groups excluding carboxylic acids is 1. The smallest absolute Gasteiger partial charge is 0.343 e. The molecule has 0 radical (unpaired) electrons. The average Bonchev–Trinajstić information content (AvgIpc) is 3.13. The van der Waals surface area contributed by atoms with E-state index in [1.807, 2.05) is 13.0 Å². The SMILES string of the molecule is COc1ccc(C2=C/C(=C\c3ccc(C)o3)C(=O)O2)c(OC)c1. The van der Waals surface area contributed by atoms with Gasteiger partial charge in [0.2, 0.25) is 0 Å². The van der Waals surface area contributed by atoms with E-state index in [1.54, 1.807) is 50.6 Å². The van der Waals surface area contributed by atoms with Gasteiger partial charge in [-0.15, -0.1) is 0 Å². The molecule has 5 nitrogen and oxygen atoms in total. The number of benzene rings is 1. The lowest BCUT2D eigenvalue weighted by molar-refractivity contribution is -0.130. The third-order valence-electron chi connectivity index (χ3n) is 3.46. The molecule has 1 aromatic heterocycles. The number of cyclic esters (lactones) is 1. The Kier molecular flexibility index (Phi) is 3.93. The Morgan fingerprint density at radius 2 is 1.91 bits per heavy atom. The van der Waals surface area contributed by atoms with Gasteiger partial charge in [0.05, 0.1) is 25.4 Å². The van der Waals surface area contributed by atoms with Gasteiger partial charge in [-0.3, -0.25) is 0 Å². The topological polar surface area (TPSA) is 57.9 Å². The van der Waals surface area contributed by atoms with Gasteiger partial charge in [-0.1, -0.05) is 0 Å². The second-order valence-electron chi connectivity index (χ2n) is 5.01. The molecule has 0 atom stereocenters. The summed E-state index contributed by atoms with van der Waals surface area (Å²) in [5.74, 6) is 2.63. The molecule has 1 aromatic carbocycles. The maximum absolute atomic E-state index is 12.0. The van der Waals surface area contributed by atoms with Gasteiger partial charge in [-0.05, 0) is 43.3 Å². The van der Waals surface area contributed by atoms with Gasteiger partial charge in [0.1, 0.15) is 28.8 Å². The molecule has 3 rings (SSSR count). The molecule has 5 heteroatoms. The van der Waals surface area contributed by atoms with Crippen LogP contribution in [0.4, 0.5) is 0 Å². The van der Waals surface area contributed by atoms with Crippen molar-refractivity contribution in [3.8, 4) is 11.5 Å². The Balaban J connectivity index is 1.97. The third kappa shape index (κ3) is 2.99. The second-order valence-corrected chi connectivity index (χ2v) is 5.01. The van der Waals surface area contributed by atoms with Crippen LogP contribution in [0.2, 0.25) is 0 Å². The summed E-state index contributed by atoms with van der Waals surface area (Å²) < 4.78 is 21.3. The van der Waals surface area contributed by atoms with Gasteiger partial charge in [0, 0.05) is 6.07 Å². The highest BCUT2D eigenvalue weighted by molar-refractivity contribution is 6.05. The highest BCUT2D eigenvalue weighted by Gasteiger charge is 2.24. The van der Waals surface area contributed by atoms with Crippen LogP contribution >= 0.6 is 0 Å². The predicted molar refractivity (Wildman–Crippen MR) is 85.0 cm³/mol. The van der Waals surface area contributed by atoms with Gasteiger partial charge < -0.3 is 18.6 Å². The highest BCUT2D eigenvalue weighted by atomic mass is 16.5. The zero-order valence-electron chi connectivity index (χ0n) is 13.1. The molecule has 0 unspecified atom stereocenters. The van der Waals surface area contributed by atoms with Crippen molar-refractivity contribution in [2.45, 2.75) is 6.92 Å². The minimum atomic E-state index is -0.424. The summed E-state index contributed by atoms with van der Waals surface area (Å²) in [7, 11) is 3.13.